The van der Waals surface area contributed by atoms with E-state index in [9.17, 15) is 0 Å². The van der Waals surface area contributed by atoms with Crippen molar-refractivity contribution in [2.24, 2.45) is 5.73 Å². The molecule has 1 atom stereocenters. The first-order valence-corrected chi connectivity index (χ1v) is 5.00. The molecule has 60 valence electrons. The van der Waals surface area contributed by atoms with E-state index in [-0.39, 0.29) is 11.1 Å². The number of nitrogens with two attached hydrogens (primary N) is 1. The van der Waals surface area contributed by atoms with Crippen molar-refractivity contribution in [3.63, 3.8) is 0 Å². The van der Waals surface area contributed by atoms with Crippen molar-refractivity contribution in [2.75, 3.05) is 0 Å². The molecule has 4 heteroatoms. The molecule has 1 rings (SSSR count). The molecule has 11 heavy (non-hydrogen) atoms. The summed E-state index contributed by atoms with van der Waals surface area (Å²) in [6, 6.07) is 4.04. The summed E-state index contributed by atoms with van der Waals surface area (Å²) in [5.41, 5.74) is 5.32. The van der Waals surface area contributed by atoms with Gasteiger partial charge in [-0.25, -0.2) is 0 Å². The van der Waals surface area contributed by atoms with E-state index < -0.39 is 0 Å². The Kier molecular flexibility index (Phi) is 2.96. The van der Waals surface area contributed by atoms with Crippen LogP contribution in [0.2, 0.25) is 0 Å². The van der Waals surface area contributed by atoms with Gasteiger partial charge in [-0.3, -0.25) is 5.41 Å². The Hall–Kier alpha value is -0.480. The molecule has 1 aromatic rings. The molecule has 0 aliphatic heterocycles. The van der Waals surface area contributed by atoms with Crippen LogP contribution in [-0.2, 0) is 0 Å². The fourth-order valence-electron chi connectivity index (χ4n) is 0.568. The Morgan fingerprint density at radius 3 is 3.00 bits per heavy atom. The van der Waals surface area contributed by atoms with Gasteiger partial charge in [0.05, 0.1) is 9.46 Å². The van der Waals surface area contributed by atoms with Crippen molar-refractivity contribution in [1.29, 1.82) is 5.41 Å². The van der Waals surface area contributed by atoms with Crippen LogP contribution in [0.15, 0.2) is 21.7 Å². The second-order valence-electron chi connectivity index (χ2n) is 2.15. The molecule has 1 unspecified atom stereocenters. The zero-order valence-corrected chi connectivity index (χ0v) is 7.84. The van der Waals surface area contributed by atoms with Gasteiger partial charge in [0, 0.05) is 0 Å². The summed E-state index contributed by atoms with van der Waals surface area (Å²) in [5, 5.41) is 9.28. The summed E-state index contributed by atoms with van der Waals surface area (Å²) >= 11 is 3.31. The number of hydrogen-bond donors (Lipinski definition) is 2. The van der Waals surface area contributed by atoms with Crippen molar-refractivity contribution in [2.45, 2.75) is 16.4 Å². The Morgan fingerprint density at radius 2 is 2.55 bits per heavy atom. The molecule has 0 aliphatic carbocycles. The highest BCUT2D eigenvalue weighted by atomic mass is 32.2. The Morgan fingerprint density at radius 1 is 1.82 bits per heavy atom. The van der Waals surface area contributed by atoms with Gasteiger partial charge in [-0.15, -0.1) is 23.1 Å². The molecule has 1 heterocycles. The lowest BCUT2D eigenvalue weighted by Crippen LogP contribution is -2.21. The van der Waals surface area contributed by atoms with Gasteiger partial charge in [0.2, 0.25) is 0 Å². The molecule has 0 aromatic carbocycles. The fraction of sp³-hybridized carbons (Fsp3) is 0.286. The Bertz CT molecular complexity index is 231. The predicted octanol–water partition coefficient (Wildman–Crippen LogP) is 2.16. The smallest absolute Gasteiger partial charge is 0.104 e. The van der Waals surface area contributed by atoms with Crippen LogP contribution < -0.4 is 5.73 Å². The number of thioether (sulfide) groups is 1. The van der Waals surface area contributed by atoms with Crippen molar-refractivity contribution in [1.82, 2.24) is 0 Å². The molecular weight excluding hydrogens is 176 g/mol. The maximum Gasteiger partial charge on any atom is 0.104 e. The van der Waals surface area contributed by atoms with Gasteiger partial charge in [-0.1, -0.05) is 6.07 Å². The van der Waals surface area contributed by atoms with E-state index in [1.807, 2.05) is 24.4 Å². The van der Waals surface area contributed by atoms with Crippen LogP contribution in [0.3, 0.4) is 0 Å². The van der Waals surface area contributed by atoms with Crippen LogP contribution in [0.5, 0.6) is 0 Å². The van der Waals surface area contributed by atoms with E-state index in [2.05, 4.69) is 0 Å². The van der Waals surface area contributed by atoms with Gasteiger partial charge >= 0.3 is 0 Å². The summed E-state index contributed by atoms with van der Waals surface area (Å²) in [7, 11) is 0. The van der Waals surface area contributed by atoms with Crippen LogP contribution in [0.1, 0.15) is 6.92 Å². The van der Waals surface area contributed by atoms with E-state index in [1.165, 1.54) is 4.21 Å². The molecular formula is C7H10N2S2. The quantitative estimate of drug-likeness (QED) is 0.432. The summed E-state index contributed by atoms with van der Waals surface area (Å²) in [6.45, 7) is 1.94. The zero-order chi connectivity index (χ0) is 8.27. The van der Waals surface area contributed by atoms with Gasteiger partial charge in [0.25, 0.3) is 0 Å². The van der Waals surface area contributed by atoms with Crippen LogP contribution in [0, 0.1) is 5.41 Å². The minimum Gasteiger partial charge on any atom is -0.387 e. The molecule has 0 saturated heterocycles. The van der Waals surface area contributed by atoms with Gasteiger partial charge in [0.1, 0.15) is 5.84 Å². The van der Waals surface area contributed by atoms with E-state index in [4.69, 9.17) is 11.1 Å². The Labute approximate surface area is 74.3 Å². The molecule has 2 nitrogen and oxygen atoms in total. The molecule has 0 radical (unpaired) electrons. The summed E-state index contributed by atoms with van der Waals surface area (Å²) < 4.78 is 1.22. The lowest BCUT2D eigenvalue weighted by Gasteiger charge is -2.05. The number of amidine groups is 1. The lowest BCUT2D eigenvalue weighted by molar-refractivity contribution is 1.23. The van der Waals surface area contributed by atoms with E-state index >= 15 is 0 Å². The van der Waals surface area contributed by atoms with Crippen LogP contribution in [0.4, 0.5) is 0 Å². The average molecular weight is 186 g/mol. The number of nitrogens with one attached hydrogen (secondary N) is 1. The maximum atomic E-state index is 7.16. The van der Waals surface area contributed by atoms with E-state index in [0.717, 1.165) is 0 Å². The highest BCUT2D eigenvalue weighted by molar-refractivity contribution is 8.02. The van der Waals surface area contributed by atoms with E-state index in [0.29, 0.717) is 0 Å². The highest BCUT2D eigenvalue weighted by Gasteiger charge is 2.06. The van der Waals surface area contributed by atoms with Crippen molar-refractivity contribution in [3.8, 4) is 0 Å². The largest absolute Gasteiger partial charge is 0.387 e. The normalized spacial score (nSPS) is 12.8. The third kappa shape index (κ3) is 2.55. The zero-order valence-electron chi connectivity index (χ0n) is 6.20. The number of thiophene rings is 1. The molecule has 0 amide bonds. The minimum atomic E-state index is 0.0913. The molecule has 0 spiro atoms. The third-order valence-corrected chi connectivity index (χ3v) is 3.44. The standard InChI is InChI=1S/C7H10N2S2/c1-5(7(8)9)11-6-3-2-4-10-6/h2-5H,1H3,(H3,8,9). The third-order valence-electron chi connectivity index (χ3n) is 1.23. The average Bonchev–Trinajstić information content (AvgIpc) is 2.39. The molecule has 1 aromatic heterocycles. The van der Waals surface area contributed by atoms with Gasteiger partial charge < -0.3 is 5.73 Å². The second-order valence-corrected chi connectivity index (χ2v) is 4.74. The molecule has 0 saturated carbocycles. The van der Waals surface area contributed by atoms with Crippen LogP contribution >= 0.6 is 23.1 Å². The van der Waals surface area contributed by atoms with Crippen LogP contribution in [-0.4, -0.2) is 11.1 Å². The first-order chi connectivity index (χ1) is 5.20. The van der Waals surface area contributed by atoms with Crippen LogP contribution in [0.25, 0.3) is 0 Å². The number of hydrogen-bond acceptors (Lipinski definition) is 3. The van der Waals surface area contributed by atoms with Gasteiger partial charge in [-0.2, -0.15) is 0 Å². The topological polar surface area (TPSA) is 49.9 Å². The molecule has 0 aliphatic rings. The van der Waals surface area contributed by atoms with Gasteiger partial charge in [0.15, 0.2) is 0 Å². The molecule has 0 fully saturated rings. The maximum absolute atomic E-state index is 7.16. The second kappa shape index (κ2) is 3.78. The van der Waals surface area contributed by atoms with Crippen molar-refractivity contribution in [3.05, 3.63) is 17.5 Å². The van der Waals surface area contributed by atoms with Crippen molar-refractivity contribution < 1.29 is 0 Å². The lowest BCUT2D eigenvalue weighted by atomic mass is 10.4. The highest BCUT2D eigenvalue weighted by Crippen LogP contribution is 2.27. The molecule has 0 bridgehead atoms. The first-order valence-electron chi connectivity index (χ1n) is 3.24. The summed E-state index contributed by atoms with van der Waals surface area (Å²) in [5.74, 6) is 0.239. The monoisotopic (exact) mass is 186 g/mol. The fourth-order valence-corrected chi connectivity index (χ4v) is 2.47. The summed E-state index contributed by atoms with van der Waals surface area (Å²) in [4.78, 5) is 0. The van der Waals surface area contributed by atoms with Gasteiger partial charge in [-0.05, 0) is 18.4 Å². The van der Waals surface area contributed by atoms with Crippen molar-refractivity contribution >= 4 is 28.9 Å². The SMILES string of the molecule is CC(Sc1cccs1)C(=N)N. The number of rotatable bonds is 3. The van der Waals surface area contributed by atoms with E-state index in [1.54, 1.807) is 23.1 Å². The Balaban J connectivity index is 2.50. The molecule has 3 N–H and O–H groups in total. The predicted molar refractivity (Wildman–Crippen MR) is 51.6 cm³/mol. The minimum absolute atomic E-state index is 0.0913. The first kappa shape index (κ1) is 8.62. The summed E-state index contributed by atoms with van der Waals surface area (Å²) in [6.07, 6.45) is 0.